The third kappa shape index (κ3) is 5.35. The van der Waals surface area contributed by atoms with E-state index in [-0.39, 0.29) is 18.1 Å². The van der Waals surface area contributed by atoms with Crippen molar-refractivity contribution >= 4 is 28.2 Å². The quantitative estimate of drug-likeness (QED) is 0.415. The average molecular weight is 472 g/mol. The Labute approximate surface area is 204 Å². The second-order valence-corrected chi connectivity index (χ2v) is 9.09. The molecule has 2 aromatic heterocycles. The summed E-state index contributed by atoms with van der Waals surface area (Å²) in [6, 6.07) is 16.7. The molecule has 6 nitrogen and oxygen atoms in total. The zero-order chi connectivity index (χ0) is 24.2. The zero-order valence-electron chi connectivity index (χ0n) is 19.9. The van der Waals surface area contributed by atoms with E-state index in [2.05, 4.69) is 43.3 Å². The molecule has 0 bridgehead atoms. The van der Waals surface area contributed by atoms with Crippen LogP contribution in [0.3, 0.4) is 0 Å². The van der Waals surface area contributed by atoms with Gasteiger partial charge in [0.1, 0.15) is 5.82 Å². The maximum absolute atomic E-state index is 13.8. The Morgan fingerprint density at radius 3 is 2.63 bits per heavy atom. The lowest BCUT2D eigenvalue weighted by Crippen LogP contribution is -2.47. The third-order valence-corrected chi connectivity index (χ3v) is 6.78. The second-order valence-electron chi connectivity index (χ2n) is 9.09. The van der Waals surface area contributed by atoms with E-state index < -0.39 is 0 Å². The first-order valence-corrected chi connectivity index (χ1v) is 12.1. The Morgan fingerprint density at radius 2 is 1.83 bits per heavy atom. The minimum absolute atomic E-state index is 0.110. The molecule has 0 saturated carbocycles. The maximum Gasteiger partial charge on any atom is 0.228 e. The summed E-state index contributed by atoms with van der Waals surface area (Å²) in [5.41, 5.74) is 5.72. The zero-order valence-corrected chi connectivity index (χ0v) is 19.9. The molecule has 35 heavy (non-hydrogen) atoms. The highest BCUT2D eigenvalue weighted by atomic mass is 19.1. The number of halogens is 1. The van der Waals surface area contributed by atoms with E-state index in [9.17, 15) is 9.18 Å². The Hall–Kier alpha value is -3.71. The summed E-state index contributed by atoms with van der Waals surface area (Å²) in [7, 11) is 0. The molecule has 1 aliphatic heterocycles. The van der Waals surface area contributed by atoms with Crippen LogP contribution in [0, 0.1) is 12.7 Å². The van der Waals surface area contributed by atoms with Crippen LogP contribution in [0.15, 0.2) is 67.0 Å². The van der Waals surface area contributed by atoms with Crippen molar-refractivity contribution in [3.05, 3.63) is 89.6 Å². The molecule has 1 aliphatic rings. The topological polar surface area (TPSA) is 64.3 Å². The lowest BCUT2D eigenvalue weighted by molar-refractivity contribution is -0.115. The smallest absolute Gasteiger partial charge is 0.228 e. The highest BCUT2D eigenvalue weighted by Gasteiger charge is 2.20. The van der Waals surface area contributed by atoms with E-state index >= 15 is 0 Å². The molecule has 0 aliphatic carbocycles. The molecule has 0 atom stereocenters. The van der Waals surface area contributed by atoms with Crippen LogP contribution in [0.25, 0.3) is 10.9 Å². The van der Waals surface area contributed by atoms with Crippen molar-refractivity contribution in [2.24, 2.45) is 0 Å². The number of amides is 1. The van der Waals surface area contributed by atoms with Crippen LogP contribution in [-0.4, -0.2) is 53.5 Å². The molecule has 1 saturated heterocycles. The van der Waals surface area contributed by atoms with Crippen LogP contribution in [0.4, 0.5) is 15.8 Å². The number of aryl methyl sites for hydroxylation is 1. The molecule has 1 fully saturated rings. The lowest BCUT2D eigenvalue weighted by atomic mass is 10.1. The molecule has 0 spiro atoms. The number of nitrogens with one attached hydrogen (secondary N) is 2. The standard InChI is InChI=1S/C28H30FN5O/c1-20-23(24-18-22(29)6-7-25(24)31-20)19-28(35)32-26-4-2-3-5-27(26)34-16-14-33(15-17-34)13-10-21-8-11-30-12-9-21/h2-9,11-12,18,31H,10,13-17,19H2,1H3,(H,32,35). The molecule has 2 N–H and O–H groups in total. The summed E-state index contributed by atoms with van der Waals surface area (Å²) in [4.78, 5) is 25.2. The summed E-state index contributed by atoms with van der Waals surface area (Å²) in [5, 5.41) is 3.86. The van der Waals surface area contributed by atoms with Gasteiger partial charge < -0.3 is 15.2 Å². The fraction of sp³-hybridized carbons (Fsp3) is 0.286. The van der Waals surface area contributed by atoms with Gasteiger partial charge in [0.25, 0.3) is 0 Å². The second kappa shape index (κ2) is 10.3. The predicted octanol–water partition coefficient (Wildman–Crippen LogP) is 4.56. The number of piperazine rings is 1. The van der Waals surface area contributed by atoms with Gasteiger partial charge in [-0.15, -0.1) is 0 Å². The van der Waals surface area contributed by atoms with Gasteiger partial charge in [0, 0.05) is 61.7 Å². The molecule has 0 radical (unpaired) electrons. The minimum atomic E-state index is -0.302. The van der Waals surface area contributed by atoms with Crippen molar-refractivity contribution < 1.29 is 9.18 Å². The van der Waals surface area contributed by atoms with Crippen LogP contribution in [0.1, 0.15) is 16.8 Å². The van der Waals surface area contributed by atoms with Gasteiger partial charge in [0.05, 0.1) is 17.8 Å². The van der Waals surface area contributed by atoms with Gasteiger partial charge in [0.2, 0.25) is 5.91 Å². The number of carbonyl (C=O) groups excluding carboxylic acids is 1. The number of rotatable bonds is 7. The van der Waals surface area contributed by atoms with Crippen molar-refractivity contribution in [1.82, 2.24) is 14.9 Å². The molecule has 180 valence electrons. The number of benzene rings is 2. The Kier molecular flexibility index (Phi) is 6.77. The van der Waals surface area contributed by atoms with Crippen molar-refractivity contribution in [1.29, 1.82) is 0 Å². The van der Waals surface area contributed by atoms with Gasteiger partial charge in [-0.2, -0.15) is 0 Å². The molecular formula is C28H30FN5O. The van der Waals surface area contributed by atoms with Gasteiger partial charge in [0.15, 0.2) is 0 Å². The van der Waals surface area contributed by atoms with Crippen LogP contribution < -0.4 is 10.2 Å². The van der Waals surface area contributed by atoms with Crippen molar-refractivity contribution in [3.8, 4) is 0 Å². The summed E-state index contributed by atoms with van der Waals surface area (Å²) in [6.07, 6.45) is 4.89. The van der Waals surface area contributed by atoms with E-state index in [0.717, 1.165) is 72.7 Å². The number of nitrogens with zero attached hydrogens (tertiary/aromatic N) is 3. The fourth-order valence-corrected chi connectivity index (χ4v) is 4.84. The molecule has 0 unspecified atom stereocenters. The number of aromatic amines is 1. The summed E-state index contributed by atoms with van der Waals surface area (Å²) < 4.78 is 13.8. The van der Waals surface area contributed by atoms with E-state index in [1.54, 1.807) is 6.07 Å². The lowest BCUT2D eigenvalue weighted by Gasteiger charge is -2.37. The van der Waals surface area contributed by atoms with E-state index in [0.29, 0.717) is 0 Å². The van der Waals surface area contributed by atoms with Crippen molar-refractivity contribution in [2.45, 2.75) is 19.8 Å². The first kappa shape index (κ1) is 23.1. The van der Waals surface area contributed by atoms with E-state index in [1.165, 1.54) is 17.7 Å². The van der Waals surface area contributed by atoms with Gasteiger partial charge >= 0.3 is 0 Å². The largest absolute Gasteiger partial charge is 0.367 e. The number of para-hydroxylation sites is 2. The third-order valence-electron chi connectivity index (χ3n) is 6.78. The van der Waals surface area contributed by atoms with Gasteiger partial charge in [-0.3, -0.25) is 14.7 Å². The molecule has 1 amide bonds. The number of aromatic nitrogens is 2. The van der Waals surface area contributed by atoms with Crippen LogP contribution in [-0.2, 0) is 17.6 Å². The number of H-pyrrole nitrogens is 1. The molecule has 7 heteroatoms. The molecule has 5 rings (SSSR count). The Balaban J connectivity index is 1.22. The van der Waals surface area contributed by atoms with Crippen molar-refractivity contribution in [2.75, 3.05) is 42.9 Å². The predicted molar refractivity (Wildman–Crippen MR) is 138 cm³/mol. The fourth-order valence-electron chi connectivity index (χ4n) is 4.84. The first-order chi connectivity index (χ1) is 17.1. The number of carbonyl (C=O) groups is 1. The van der Waals surface area contributed by atoms with Crippen LogP contribution >= 0.6 is 0 Å². The van der Waals surface area contributed by atoms with Crippen LogP contribution in [0.2, 0.25) is 0 Å². The number of pyridine rings is 1. The highest BCUT2D eigenvalue weighted by molar-refractivity contribution is 5.98. The van der Waals surface area contributed by atoms with E-state index in [1.807, 2.05) is 37.5 Å². The number of hydrogen-bond acceptors (Lipinski definition) is 4. The number of fused-ring (bicyclic) bond motifs is 1. The van der Waals surface area contributed by atoms with Crippen molar-refractivity contribution in [3.63, 3.8) is 0 Å². The molecule has 3 heterocycles. The molecular weight excluding hydrogens is 441 g/mol. The maximum atomic E-state index is 13.8. The monoisotopic (exact) mass is 471 g/mol. The minimum Gasteiger partial charge on any atom is -0.367 e. The average Bonchev–Trinajstić information content (AvgIpc) is 3.18. The van der Waals surface area contributed by atoms with E-state index in [4.69, 9.17) is 0 Å². The van der Waals surface area contributed by atoms with Crippen LogP contribution in [0.5, 0.6) is 0 Å². The summed E-state index contributed by atoms with van der Waals surface area (Å²) in [6.45, 7) is 6.72. The SMILES string of the molecule is Cc1[nH]c2ccc(F)cc2c1CC(=O)Nc1ccccc1N1CCN(CCc2ccncc2)CC1. The molecule has 4 aromatic rings. The van der Waals surface area contributed by atoms with Gasteiger partial charge in [-0.1, -0.05) is 12.1 Å². The number of hydrogen-bond donors (Lipinski definition) is 2. The normalized spacial score (nSPS) is 14.4. The highest BCUT2D eigenvalue weighted by Crippen LogP contribution is 2.28. The van der Waals surface area contributed by atoms with Gasteiger partial charge in [-0.05, 0) is 66.9 Å². The first-order valence-electron chi connectivity index (χ1n) is 12.1. The van der Waals surface area contributed by atoms with Gasteiger partial charge in [-0.25, -0.2) is 4.39 Å². The summed E-state index contributed by atoms with van der Waals surface area (Å²) in [5.74, 6) is -0.412. The Morgan fingerprint density at radius 1 is 1.06 bits per heavy atom. The number of anilines is 2. The summed E-state index contributed by atoms with van der Waals surface area (Å²) >= 11 is 0. The molecule has 2 aromatic carbocycles. The Bertz CT molecular complexity index is 1310.